The van der Waals surface area contributed by atoms with E-state index >= 15 is 0 Å². The molecule has 1 atom stereocenters. The van der Waals surface area contributed by atoms with Crippen molar-refractivity contribution in [1.29, 1.82) is 0 Å². The highest BCUT2D eigenvalue weighted by atomic mass is 79.9. The molecule has 1 aliphatic rings. The summed E-state index contributed by atoms with van der Waals surface area (Å²) in [5, 5.41) is 5.04. The van der Waals surface area contributed by atoms with Crippen LogP contribution in [0, 0.1) is 0 Å². The van der Waals surface area contributed by atoms with Crippen molar-refractivity contribution in [1.82, 2.24) is 14.6 Å². The molecule has 1 saturated heterocycles. The smallest absolute Gasteiger partial charge is 0.244 e. The number of pyridine rings is 1. The first-order chi connectivity index (χ1) is 10.5. The van der Waals surface area contributed by atoms with Crippen molar-refractivity contribution in [3.8, 4) is 0 Å². The maximum atomic E-state index is 13.1. The standard InChI is InChI=1S/C15H18BrN3O2S.2ClH/c1-11-9-17-6-2-8-19(11)22(20,21)14-4-3-12-10-18-7-5-13(12)15(14)16;;/h3-5,7,10-11,17H,2,6,8-9H2,1H3;2*1H/t11-;;/m1../s1. The Morgan fingerprint density at radius 2 is 2.04 bits per heavy atom. The molecular weight excluding hydrogens is 437 g/mol. The first-order valence-corrected chi connectivity index (χ1v) is 9.50. The summed E-state index contributed by atoms with van der Waals surface area (Å²) in [5.74, 6) is 0. The number of nitrogens with one attached hydrogen (secondary N) is 1. The molecule has 0 unspecified atom stereocenters. The highest BCUT2D eigenvalue weighted by Crippen LogP contribution is 2.32. The van der Waals surface area contributed by atoms with Gasteiger partial charge in [-0.1, -0.05) is 6.07 Å². The second kappa shape index (κ2) is 8.78. The van der Waals surface area contributed by atoms with E-state index in [2.05, 4.69) is 26.2 Å². The van der Waals surface area contributed by atoms with E-state index in [-0.39, 0.29) is 30.9 Å². The van der Waals surface area contributed by atoms with Gasteiger partial charge in [0.05, 0.1) is 4.90 Å². The molecule has 1 aromatic carbocycles. The fraction of sp³-hybridized carbons (Fsp3) is 0.400. The molecule has 0 aliphatic carbocycles. The molecule has 0 radical (unpaired) electrons. The van der Waals surface area contributed by atoms with E-state index in [1.807, 2.05) is 13.0 Å². The number of nitrogens with zero attached hydrogens (tertiary/aromatic N) is 2. The van der Waals surface area contributed by atoms with Gasteiger partial charge >= 0.3 is 0 Å². The number of rotatable bonds is 2. The molecule has 1 aliphatic heterocycles. The normalized spacial score (nSPS) is 19.2. The molecular formula is C15H20BrCl2N3O2S. The lowest BCUT2D eigenvalue weighted by Gasteiger charge is -2.26. The molecule has 0 bridgehead atoms. The van der Waals surface area contributed by atoms with Gasteiger partial charge in [-0.25, -0.2) is 8.42 Å². The van der Waals surface area contributed by atoms with Gasteiger partial charge in [-0.2, -0.15) is 4.31 Å². The summed E-state index contributed by atoms with van der Waals surface area (Å²) in [6, 6.07) is 5.23. The molecule has 24 heavy (non-hydrogen) atoms. The number of halogens is 3. The van der Waals surface area contributed by atoms with Crippen LogP contribution in [0.1, 0.15) is 13.3 Å². The van der Waals surface area contributed by atoms with E-state index in [1.54, 1.807) is 28.8 Å². The predicted molar refractivity (Wildman–Crippen MR) is 105 cm³/mol. The van der Waals surface area contributed by atoms with Gasteiger partial charge in [0.2, 0.25) is 10.0 Å². The molecule has 1 aromatic heterocycles. The van der Waals surface area contributed by atoms with E-state index in [9.17, 15) is 8.42 Å². The molecule has 1 fully saturated rings. The maximum Gasteiger partial charge on any atom is 0.244 e. The summed E-state index contributed by atoms with van der Waals surface area (Å²) >= 11 is 3.47. The third-order valence-corrected chi connectivity index (χ3v) is 7.14. The Bertz CT molecular complexity index is 804. The first-order valence-electron chi connectivity index (χ1n) is 7.26. The Labute approximate surface area is 163 Å². The Balaban J connectivity index is 0.00000144. The number of fused-ring (bicyclic) bond motifs is 1. The van der Waals surface area contributed by atoms with E-state index in [4.69, 9.17) is 0 Å². The minimum Gasteiger partial charge on any atom is -0.315 e. The molecule has 2 aromatic rings. The quantitative estimate of drug-likeness (QED) is 0.753. The Morgan fingerprint density at radius 3 is 2.79 bits per heavy atom. The number of hydrogen-bond donors (Lipinski definition) is 1. The number of aromatic nitrogens is 1. The minimum atomic E-state index is -3.53. The second-order valence-electron chi connectivity index (χ2n) is 5.50. The van der Waals surface area contributed by atoms with Crippen molar-refractivity contribution in [3.63, 3.8) is 0 Å². The van der Waals surface area contributed by atoms with E-state index < -0.39 is 10.0 Å². The molecule has 134 valence electrons. The zero-order valence-electron chi connectivity index (χ0n) is 13.1. The van der Waals surface area contributed by atoms with Gasteiger partial charge in [0.25, 0.3) is 0 Å². The topological polar surface area (TPSA) is 62.3 Å². The van der Waals surface area contributed by atoms with Crippen molar-refractivity contribution in [3.05, 3.63) is 35.1 Å². The van der Waals surface area contributed by atoms with Crippen molar-refractivity contribution < 1.29 is 8.42 Å². The molecule has 0 amide bonds. The van der Waals surface area contributed by atoms with Crippen LogP contribution in [-0.2, 0) is 10.0 Å². The largest absolute Gasteiger partial charge is 0.315 e. The van der Waals surface area contributed by atoms with Crippen LogP contribution in [0.4, 0.5) is 0 Å². The summed E-state index contributed by atoms with van der Waals surface area (Å²) in [6.07, 6.45) is 4.22. The Morgan fingerprint density at radius 1 is 1.29 bits per heavy atom. The van der Waals surface area contributed by atoms with Gasteiger partial charge in [0.1, 0.15) is 0 Å². The summed E-state index contributed by atoms with van der Waals surface area (Å²) in [5.41, 5.74) is 0. The van der Waals surface area contributed by atoms with Gasteiger partial charge in [0, 0.05) is 46.8 Å². The number of sulfonamides is 1. The Hall–Kier alpha value is -0.440. The zero-order chi connectivity index (χ0) is 15.7. The summed E-state index contributed by atoms with van der Waals surface area (Å²) in [6.45, 7) is 4.00. The fourth-order valence-electron chi connectivity index (χ4n) is 2.79. The fourth-order valence-corrected chi connectivity index (χ4v) is 5.64. The van der Waals surface area contributed by atoms with Crippen molar-refractivity contribution in [2.75, 3.05) is 19.6 Å². The zero-order valence-corrected chi connectivity index (χ0v) is 17.1. The predicted octanol–water partition coefficient (Wildman–Crippen LogP) is 3.21. The van der Waals surface area contributed by atoms with Crippen LogP contribution < -0.4 is 5.32 Å². The molecule has 9 heteroatoms. The van der Waals surface area contributed by atoms with Gasteiger partial charge in [0.15, 0.2) is 0 Å². The molecule has 5 nitrogen and oxygen atoms in total. The molecule has 0 spiro atoms. The SMILES string of the molecule is C[C@@H]1CNCCCN1S(=O)(=O)c1ccc2cnccc2c1Br.Cl.Cl. The molecule has 3 rings (SSSR count). The lowest BCUT2D eigenvalue weighted by atomic mass is 10.2. The van der Waals surface area contributed by atoms with E-state index in [0.717, 1.165) is 23.7 Å². The second-order valence-corrected chi connectivity index (χ2v) is 8.15. The number of hydrogen-bond acceptors (Lipinski definition) is 4. The maximum absolute atomic E-state index is 13.1. The third kappa shape index (κ3) is 4.03. The number of benzene rings is 1. The van der Waals surface area contributed by atoms with Gasteiger partial charge < -0.3 is 5.32 Å². The average Bonchev–Trinajstić information content (AvgIpc) is 2.72. The summed E-state index contributed by atoms with van der Waals surface area (Å²) < 4.78 is 28.3. The van der Waals surface area contributed by atoms with Gasteiger partial charge in [-0.15, -0.1) is 24.8 Å². The first kappa shape index (κ1) is 21.6. The van der Waals surface area contributed by atoms with Gasteiger partial charge in [-0.05, 0) is 48.0 Å². The molecule has 0 saturated carbocycles. The highest BCUT2D eigenvalue weighted by molar-refractivity contribution is 9.10. The van der Waals surface area contributed by atoms with E-state index in [0.29, 0.717) is 22.5 Å². The van der Waals surface area contributed by atoms with Gasteiger partial charge in [-0.3, -0.25) is 4.98 Å². The van der Waals surface area contributed by atoms with Crippen LogP contribution >= 0.6 is 40.7 Å². The van der Waals surface area contributed by atoms with Crippen LogP contribution in [0.2, 0.25) is 0 Å². The summed E-state index contributed by atoms with van der Waals surface area (Å²) in [7, 11) is -3.53. The monoisotopic (exact) mass is 455 g/mol. The van der Waals surface area contributed by atoms with E-state index in [1.165, 1.54) is 0 Å². The third-order valence-electron chi connectivity index (χ3n) is 3.97. The molecule has 1 N–H and O–H groups in total. The van der Waals surface area contributed by atoms with Crippen LogP contribution in [0.25, 0.3) is 10.8 Å². The summed E-state index contributed by atoms with van der Waals surface area (Å²) in [4.78, 5) is 4.39. The Kier molecular flexibility index (Phi) is 7.90. The van der Waals surface area contributed by atoms with Crippen molar-refractivity contribution in [2.45, 2.75) is 24.3 Å². The van der Waals surface area contributed by atoms with Crippen LogP contribution in [-0.4, -0.2) is 43.4 Å². The minimum absolute atomic E-state index is 0. The van der Waals surface area contributed by atoms with Crippen LogP contribution in [0.15, 0.2) is 40.0 Å². The molecule has 2 heterocycles. The van der Waals surface area contributed by atoms with Crippen LogP contribution in [0.3, 0.4) is 0 Å². The lowest BCUT2D eigenvalue weighted by molar-refractivity contribution is 0.353. The lowest BCUT2D eigenvalue weighted by Crippen LogP contribution is -2.41. The van der Waals surface area contributed by atoms with Crippen LogP contribution in [0.5, 0.6) is 0 Å². The average molecular weight is 457 g/mol. The van der Waals surface area contributed by atoms with Crippen molar-refractivity contribution >= 4 is 61.5 Å². The highest BCUT2D eigenvalue weighted by Gasteiger charge is 2.31. The van der Waals surface area contributed by atoms with Crippen molar-refractivity contribution in [2.24, 2.45) is 0 Å².